The van der Waals surface area contributed by atoms with Crippen molar-refractivity contribution in [3.8, 4) is 0 Å². The molecule has 1 atom stereocenters. The number of aliphatic hydroxyl groups is 1. The van der Waals surface area contributed by atoms with Crippen LogP contribution < -0.4 is 0 Å². The largest absolute Gasteiger partial charge is 0.395 e. The van der Waals surface area contributed by atoms with Crippen molar-refractivity contribution in [1.29, 1.82) is 0 Å². The van der Waals surface area contributed by atoms with Gasteiger partial charge in [-0.3, -0.25) is 4.79 Å². The van der Waals surface area contributed by atoms with Crippen LogP contribution in [0, 0.1) is 0 Å². The lowest BCUT2D eigenvalue weighted by Gasteiger charge is -2.23. The first-order valence-electron chi connectivity index (χ1n) is 5.30. The van der Waals surface area contributed by atoms with Gasteiger partial charge in [-0.1, -0.05) is 6.92 Å². The summed E-state index contributed by atoms with van der Waals surface area (Å²) in [5.41, 5.74) is 0. The second-order valence-corrected chi connectivity index (χ2v) is 3.55. The zero-order valence-corrected chi connectivity index (χ0v) is 8.74. The van der Waals surface area contributed by atoms with Crippen LogP contribution in [0.1, 0.15) is 26.2 Å². The third-order valence-electron chi connectivity index (χ3n) is 2.38. The molecule has 0 spiro atoms. The lowest BCUT2D eigenvalue weighted by molar-refractivity contribution is -0.141. The Balaban J connectivity index is 2.43. The highest BCUT2D eigenvalue weighted by Crippen LogP contribution is 2.14. The number of nitrogens with zero attached hydrogens (tertiary/aromatic N) is 1. The molecule has 1 heterocycles. The Morgan fingerprint density at radius 3 is 2.86 bits per heavy atom. The highest BCUT2D eigenvalue weighted by atomic mass is 16.5. The van der Waals surface area contributed by atoms with Crippen molar-refractivity contribution in [1.82, 2.24) is 4.90 Å². The summed E-state index contributed by atoms with van der Waals surface area (Å²) in [6, 6.07) is 0. The molecule has 1 aliphatic rings. The van der Waals surface area contributed by atoms with Crippen molar-refractivity contribution >= 4 is 5.91 Å². The second-order valence-electron chi connectivity index (χ2n) is 3.55. The maximum absolute atomic E-state index is 11.8. The molecular weight excluding hydrogens is 182 g/mol. The number of rotatable bonds is 5. The maximum Gasteiger partial charge on any atom is 0.251 e. The topological polar surface area (TPSA) is 49.8 Å². The molecule has 1 saturated heterocycles. The second kappa shape index (κ2) is 5.98. The molecule has 4 heteroatoms. The third kappa shape index (κ3) is 2.96. The van der Waals surface area contributed by atoms with E-state index in [1.807, 2.05) is 6.92 Å². The van der Waals surface area contributed by atoms with E-state index in [2.05, 4.69) is 0 Å². The van der Waals surface area contributed by atoms with E-state index in [1.165, 1.54) is 0 Å². The molecule has 0 aromatic heterocycles. The van der Waals surface area contributed by atoms with Crippen molar-refractivity contribution in [2.45, 2.75) is 32.3 Å². The van der Waals surface area contributed by atoms with Gasteiger partial charge in [0.2, 0.25) is 0 Å². The lowest BCUT2D eigenvalue weighted by Crippen LogP contribution is -2.40. The van der Waals surface area contributed by atoms with Crippen molar-refractivity contribution < 1.29 is 14.6 Å². The highest BCUT2D eigenvalue weighted by molar-refractivity contribution is 5.81. The van der Waals surface area contributed by atoms with Crippen LogP contribution in [-0.4, -0.2) is 48.3 Å². The summed E-state index contributed by atoms with van der Waals surface area (Å²) in [6.07, 6.45) is 2.45. The average Bonchev–Trinajstić information content (AvgIpc) is 2.69. The summed E-state index contributed by atoms with van der Waals surface area (Å²) in [6.45, 7) is 3.87. The summed E-state index contributed by atoms with van der Waals surface area (Å²) in [4.78, 5) is 13.5. The smallest absolute Gasteiger partial charge is 0.251 e. The molecule has 4 nitrogen and oxygen atoms in total. The molecule has 0 saturated carbocycles. The summed E-state index contributed by atoms with van der Waals surface area (Å²) in [5.74, 6) is 0.0402. The quantitative estimate of drug-likeness (QED) is 0.700. The Morgan fingerprint density at radius 2 is 2.36 bits per heavy atom. The highest BCUT2D eigenvalue weighted by Gasteiger charge is 2.27. The van der Waals surface area contributed by atoms with E-state index in [0.29, 0.717) is 19.7 Å². The van der Waals surface area contributed by atoms with Crippen molar-refractivity contribution in [2.24, 2.45) is 0 Å². The predicted octanol–water partition coefficient (Wildman–Crippen LogP) is 0.396. The van der Waals surface area contributed by atoms with Crippen LogP contribution in [0.25, 0.3) is 0 Å². The van der Waals surface area contributed by atoms with Crippen molar-refractivity contribution in [3.63, 3.8) is 0 Å². The van der Waals surface area contributed by atoms with Gasteiger partial charge in [0.05, 0.1) is 6.61 Å². The predicted molar refractivity (Wildman–Crippen MR) is 52.9 cm³/mol. The minimum atomic E-state index is -0.256. The van der Waals surface area contributed by atoms with Gasteiger partial charge in [-0.05, 0) is 19.3 Å². The van der Waals surface area contributed by atoms with Gasteiger partial charge >= 0.3 is 0 Å². The van der Waals surface area contributed by atoms with Gasteiger partial charge in [0.15, 0.2) is 0 Å². The SMILES string of the molecule is CCCN(CCO)C(=O)[C@@H]1CCCO1. The first kappa shape index (κ1) is 11.5. The van der Waals surface area contributed by atoms with E-state index < -0.39 is 0 Å². The Morgan fingerprint density at radius 1 is 1.57 bits per heavy atom. The number of amides is 1. The average molecular weight is 201 g/mol. The summed E-state index contributed by atoms with van der Waals surface area (Å²) < 4.78 is 5.32. The summed E-state index contributed by atoms with van der Waals surface area (Å²) >= 11 is 0. The number of hydrogen-bond acceptors (Lipinski definition) is 3. The number of carbonyl (C=O) groups excluding carboxylic acids is 1. The molecular formula is C10H19NO3. The monoisotopic (exact) mass is 201 g/mol. The van der Waals surface area contributed by atoms with Gasteiger partial charge in [0, 0.05) is 19.7 Å². The van der Waals surface area contributed by atoms with Crippen LogP contribution in [0.2, 0.25) is 0 Å². The molecule has 0 aliphatic carbocycles. The summed E-state index contributed by atoms with van der Waals surface area (Å²) in [5, 5.41) is 8.82. The van der Waals surface area contributed by atoms with E-state index >= 15 is 0 Å². The Kier molecular flexibility index (Phi) is 4.90. The first-order valence-corrected chi connectivity index (χ1v) is 5.30. The molecule has 0 aromatic rings. The normalized spacial score (nSPS) is 21.1. The summed E-state index contributed by atoms with van der Waals surface area (Å²) in [7, 11) is 0. The molecule has 1 fully saturated rings. The van der Waals surface area contributed by atoms with Gasteiger partial charge in [0.1, 0.15) is 6.10 Å². The minimum Gasteiger partial charge on any atom is -0.395 e. The Bertz CT molecular complexity index is 172. The molecule has 1 N–H and O–H groups in total. The van der Waals surface area contributed by atoms with E-state index in [1.54, 1.807) is 4.90 Å². The first-order chi connectivity index (χ1) is 6.79. The number of ether oxygens (including phenoxy) is 1. The van der Waals surface area contributed by atoms with E-state index in [0.717, 1.165) is 19.3 Å². The third-order valence-corrected chi connectivity index (χ3v) is 2.38. The zero-order chi connectivity index (χ0) is 10.4. The van der Waals surface area contributed by atoms with E-state index in [4.69, 9.17) is 9.84 Å². The molecule has 14 heavy (non-hydrogen) atoms. The van der Waals surface area contributed by atoms with Gasteiger partial charge in [-0.15, -0.1) is 0 Å². The van der Waals surface area contributed by atoms with E-state index in [-0.39, 0.29) is 18.6 Å². The maximum atomic E-state index is 11.8. The van der Waals surface area contributed by atoms with Crippen LogP contribution in [0.15, 0.2) is 0 Å². The standard InChI is InChI=1S/C10H19NO3/c1-2-5-11(6-7-12)10(13)9-4-3-8-14-9/h9,12H,2-8H2,1H3/t9-/m0/s1. The molecule has 0 unspecified atom stereocenters. The number of hydrogen-bond donors (Lipinski definition) is 1. The molecule has 0 bridgehead atoms. The lowest BCUT2D eigenvalue weighted by atomic mass is 10.2. The molecule has 1 rings (SSSR count). The Hall–Kier alpha value is -0.610. The fourth-order valence-corrected chi connectivity index (χ4v) is 1.70. The fraction of sp³-hybridized carbons (Fsp3) is 0.900. The van der Waals surface area contributed by atoms with Crippen LogP contribution in [0.5, 0.6) is 0 Å². The van der Waals surface area contributed by atoms with Crippen molar-refractivity contribution in [2.75, 3.05) is 26.3 Å². The van der Waals surface area contributed by atoms with Gasteiger partial charge in [-0.2, -0.15) is 0 Å². The molecule has 82 valence electrons. The molecule has 1 amide bonds. The molecule has 1 aliphatic heterocycles. The van der Waals surface area contributed by atoms with Crippen LogP contribution >= 0.6 is 0 Å². The Labute approximate surface area is 84.8 Å². The van der Waals surface area contributed by atoms with Gasteiger partial charge in [0.25, 0.3) is 5.91 Å². The van der Waals surface area contributed by atoms with Crippen LogP contribution in [0.4, 0.5) is 0 Å². The van der Waals surface area contributed by atoms with Crippen LogP contribution in [0.3, 0.4) is 0 Å². The van der Waals surface area contributed by atoms with Crippen molar-refractivity contribution in [3.05, 3.63) is 0 Å². The van der Waals surface area contributed by atoms with E-state index in [9.17, 15) is 4.79 Å². The molecule has 0 aromatic carbocycles. The zero-order valence-electron chi connectivity index (χ0n) is 8.74. The molecule has 0 radical (unpaired) electrons. The van der Waals surface area contributed by atoms with Gasteiger partial charge < -0.3 is 14.7 Å². The van der Waals surface area contributed by atoms with Gasteiger partial charge in [-0.25, -0.2) is 0 Å². The van der Waals surface area contributed by atoms with Crippen LogP contribution in [-0.2, 0) is 9.53 Å². The number of carbonyl (C=O) groups is 1. The number of aliphatic hydroxyl groups excluding tert-OH is 1. The minimum absolute atomic E-state index is 0.0262. The fourth-order valence-electron chi connectivity index (χ4n) is 1.70.